The monoisotopic (exact) mass is 254 g/mol. The average molecular weight is 254 g/mol. The molecule has 0 radical (unpaired) electrons. The molecule has 2 aromatic rings. The lowest BCUT2D eigenvalue weighted by Crippen LogP contribution is -2.01. The number of rotatable bonds is 5. The van der Waals surface area contributed by atoms with Crippen LogP contribution in [-0.2, 0) is 19.4 Å². The number of hydrogen-bond donors (Lipinski definition) is 0. The van der Waals surface area contributed by atoms with Crippen LogP contribution in [0.5, 0.6) is 0 Å². The summed E-state index contributed by atoms with van der Waals surface area (Å²) in [4.78, 5) is 15.9. The van der Waals surface area contributed by atoms with Gasteiger partial charge in [0, 0.05) is 30.9 Å². The molecular weight excluding hydrogens is 236 g/mol. The Bertz CT molecular complexity index is 572. The van der Waals surface area contributed by atoms with Crippen molar-refractivity contribution in [2.45, 2.75) is 38.6 Å². The van der Waals surface area contributed by atoms with Crippen LogP contribution in [-0.4, -0.2) is 15.3 Å². The smallest absolute Gasteiger partial charge is 0.163 e. The van der Waals surface area contributed by atoms with Gasteiger partial charge in [0.15, 0.2) is 5.78 Å². The predicted octanol–water partition coefficient (Wildman–Crippen LogP) is 3.03. The summed E-state index contributed by atoms with van der Waals surface area (Å²) in [5.41, 5.74) is 3.51. The lowest BCUT2D eigenvalue weighted by Gasteiger charge is -2.07. The molecule has 19 heavy (non-hydrogen) atoms. The Balaban J connectivity index is 1.59. The number of imidazole rings is 1. The second-order valence-electron chi connectivity index (χ2n) is 5.13. The van der Waals surface area contributed by atoms with E-state index in [0.29, 0.717) is 12.2 Å². The minimum atomic E-state index is 0.334. The van der Waals surface area contributed by atoms with Crippen LogP contribution in [0.25, 0.3) is 0 Å². The molecular formula is C16H18N2O. The van der Waals surface area contributed by atoms with Crippen LogP contribution < -0.4 is 0 Å². The second-order valence-corrected chi connectivity index (χ2v) is 5.13. The summed E-state index contributed by atoms with van der Waals surface area (Å²) in [6, 6.07) is 6.29. The number of unbranched alkanes of at least 4 members (excludes halogenated alkanes) is 1. The maximum absolute atomic E-state index is 11.9. The Morgan fingerprint density at radius 3 is 3.00 bits per heavy atom. The molecule has 1 aromatic carbocycles. The molecule has 0 amide bonds. The molecule has 1 aliphatic rings. The van der Waals surface area contributed by atoms with E-state index in [1.165, 1.54) is 11.1 Å². The summed E-state index contributed by atoms with van der Waals surface area (Å²) in [5.74, 6) is 0.334. The number of ketones is 1. The van der Waals surface area contributed by atoms with Gasteiger partial charge in [-0.05, 0) is 36.8 Å². The summed E-state index contributed by atoms with van der Waals surface area (Å²) in [6.45, 7) is 1.00. The molecule has 3 rings (SSSR count). The molecule has 0 saturated heterocycles. The normalized spacial score (nSPS) is 13.8. The molecule has 98 valence electrons. The zero-order chi connectivity index (χ0) is 13.1. The number of aryl methyl sites for hydroxylation is 3. The average Bonchev–Trinajstić information content (AvgIpc) is 3.05. The SMILES string of the molecule is O=C1CCc2cccc(CCCCn3ccnc3)c21. The van der Waals surface area contributed by atoms with Crippen LogP contribution >= 0.6 is 0 Å². The lowest BCUT2D eigenvalue weighted by molar-refractivity contribution is 0.0994. The van der Waals surface area contributed by atoms with E-state index in [2.05, 4.69) is 27.8 Å². The van der Waals surface area contributed by atoms with Gasteiger partial charge in [-0.1, -0.05) is 18.2 Å². The molecule has 0 saturated carbocycles. The Morgan fingerprint density at radius 2 is 2.16 bits per heavy atom. The van der Waals surface area contributed by atoms with Gasteiger partial charge in [-0.2, -0.15) is 0 Å². The maximum Gasteiger partial charge on any atom is 0.163 e. The highest BCUT2D eigenvalue weighted by atomic mass is 16.1. The number of Topliss-reactive ketones (excluding diaryl/α,β-unsaturated/α-hetero) is 1. The Labute approximate surface area is 113 Å². The van der Waals surface area contributed by atoms with Gasteiger partial charge in [0.2, 0.25) is 0 Å². The van der Waals surface area contributed by atoms with E-state index in [-0.39, 0.29) is 0 Å². The fourth-order valence-electron chi connectivity index (χ4n) is 2.83. The maximum atomic E-state index is 11.9. The standard InChI is InChI=1S/C16H18N2O/c19-15-8-7-14-6-3-5-13(16(14)15)4-1-2-10-18-11-9-17-12-18/h3,5-6,9,11-12H,1-2,4,7-8,10H2. The largest absolute Gasteiger partial charge is 0.337 e. The molecule has 1 heterocycles. The van der Waals surface area contributed by atoms with Crippen molar-refractivity contribution in [3.63, 3.8) is 0 Å². The van der Waals surface area contributed by atoms with E-state index in [1.54, 1.807) is 0 Å². The predicted molar refractivity (Wildman–Crippen MR) is 74.3 cm³/mol. The van der Waals surface area contributed by atoms with E-state index in [4.69, 9.17) is 0 Å². The number of carbonyl (C=O) groups is 1. The number of aromatic nitrogens is 2. The van der Waals surface area contributed by atoms with Gasteiger partial charge in [-0.3, -0.25) is 4.79 Å². The van der Waals surface area contributed by atoms with Crippen molar-refractivity contribution in [3.8, 4) is 0 Å². The molecule has 3 heteroatoms. The van der Waals surface area contributed by atoms with Crippen LogP contribution in [0.15, 0.2) is 36.9 Å². The van der Waals surface area contributed by atoms with Gasteiger partial charge in [-0.25, -0.2) is 4.98 Å². The first kappa shape index (κ1) is 12.2. The van der Waals surface area contributed by atoms with Crippen LogP contribution in [0, 0.1) is 0 Å². The second kappa shape index (κ2) is 5.39. The highest BCUT2D eigenvalue weighted by molar-refractivity contribution is 6.01. The van der Waals surface area contributed by atoms with E-state index in [1.807, 2.05) is 18.7 Å². The molecule has 0 N–H and O–H groups in total. The van der Waals surface area contributed by atoms with Crippen LogP contribution in [0.2, 0.25) is 0 Å². The minimum Gasteiger partial charge on any atom is -0.337 e. The number of benzene rings is 1. The fraction of sp³-hybridized carbons (Fsp3) is 0.375. The first-order valence-electron chi connectivity index (χ1n) is 6.94. The molecule has 0 atom stereocenters. The third-order valence-electron chi connectivity index (χ3n) is 3.81. The van der Waals surface area contributed by atoms with Crippen LogP contribution in [0.1, 0.15) is 40.7 Å². The molecule has 3 nitrogen and oxygen atoms in total. The van der Waals surface area contributed by atoms with Crippen molar-refractivity contribution >= 4 is 5.78 Å². The molecule has 0 unspecified atom stereocenters. The van der Waals surface area contributed by atoms with Crippen molar-refractivity contribution in [2.75, 3.05) is 0 Å². The third kappa shape index (κ3) is 2.60. The minimum absolute atomic E-state index is 0.334. The van der Waals surface area contributed by atoms with Crippen LogP contribution in [0.4, 0.5) is 0 Å². The van der Waals surface area contributed by atoms with Crippen molar-refractivity contribution in [3.05, 3.63) is 53.6 Å². The number of fused-ring (bicyclic) bond motifs is 1. The Morgan fingerprint density at radius 1 is 1.21 bits per heavy atom. The number of hydrogen-bond acceptors (Lipinski definition) is 2. The molecule has 0 aliphatic heterocycles. The third-order valence-corrected chi connectivity index (χ3v) is 3.81. The highest BCUT2D eigenvalue weighted by Gasteiger charge is 2.21. The Kier molecular flexibility index (Phi) is 3.45. The first-order valence-corrected chi connectivity index (χ1v) is 6.94. The zero-order valence-electron chi connectivity index (χ0n) is 11.0. The number of nitrogens with zero attached hydrogens (tertiary/aromatic N) is 2. The van der Waals surface area contributed by atoms with E-state index in [0.717, 1.165) is 37.8 Å². The van der Waals surface area contributed by atoms with Gasteiger partial charge >= 0.3 is 0 Å². The van der Waals surface area contributed by atoms with Gasteiger partial charge in [0.1, 0.15) is 0 Å². The highest BCUT2D eigenvalue weighted by Crippen LogP contribution is 2.26. The van der Waals surface area contributed by atoms with Gasteiger partial charge in [-0.15, -0.1) is 0 Å². The lowest BCUT2D eigenvalue weighted by atomic mass is 9.98. The van der Waals surface area contributed by atoms with Crippen molar-refractivity contribution in [1.29, 1.82) is 0 Å². The quantitative estimate of drug-likeness (QED) is 0.769. The molecule has 0 bridgehead atoms. The summed E-state index contributed by atoms with van der Waals surface area (Å²) in [6.07, 6.45) is 10.5. The molecule has 1 aliphatic carbocycles. The summed E-state index contributed by atoms with van der Waals surface area (Å²) < 4.78 is 2.10. The van der Waals surface area contributed by atoms with Gasteiger partial charge in [0.05, 0.1) is 6.33 Å². The van der Waals surface area contributed by atoms with Crippen molar-refractivity contribution in [1.82, 2.24) is 9.55 Å². The molecule has 0 spiro atoms. The van der Waals surface area contributed by atoms with Gasteiger partial charge < -0.3 is 4.57 Å². The molecule has 0 fully saturated rings. The summed E-state index contributed by atoms with van der Waals surface area (Å²) in [7, 11) is 0. The van der Waals surface area contributed by atoms with Gasteiger partial charge in [0.25, 0.3) is 0 Å². The van der Waals surface area contributed by atoms with E-state index < -0.39 is 0 Å². The van der Waals surface area contributed by atoms with Crippen LogP contribution in [0.3, 0.4) is 0 Å². The van der Waals surface area contributed by atoms with E-state index in [9.17, 15) is 4.79 Å². The van der Waals surface area contributed by atoms with Crippen molar-refractivity contribution < 1.29 is 4.79 Å². The van der Waals surface area contributed by atoms with E-state index >= 15 is 0 Å². The fourth-order valence-corrected chi connectivity index (χ4v) is 2.83. The zero-order valence-corrected chi connectivity index (χ0v) is 11.0. The molecule has 1 aromatic heterocycles. The topological polar surface area (TPSA) is 34.9 Å². The summed E-state index contributed by atoms with van der Waals surface area (Å²) in [5, 5.41) is 0. The Hall–Kier alpha value is -1.90. The summed E-state index contributed by atoms with van der Waals surface area (Å²) >= 11 is 0. The number of carbonyl (C=O) groups excluding carboxylic acids is 1. The van der Waals surface area contributed by atoms with Crippen molar-refractivity contribution in [2.24, 2.45) is 0 Å². The first-order chi connectivity index (χ1) is 9.34.